The lowest BCUT2D eigenvalue weighted by atomic mass is 10.4. The quantitative estimate of drug-likeness (QED) is 0.131. The summed E-state index contributed by atoms with van der Waals surface area (Å²) in [4.78, 5) is 0. The molecule has 0 radical (unpaired) electrons. The van der Waals surface area contributed by atoms with Crippen molar-refractivity contribution in [2.24, 2.45) is 0 Å². The minimum atomic E-state index is -3.56. The van der Waals surface area contributed by atoms with E-state index in [-0.39, 0.29) is 44.6 Å². The molecule has 2 aromatic carbocycles. The molecule has 0 bridgehead atoms. The number of hydrogen-bond donors (Lipinski definition) is 0. The lowest BCUT2D eigenvalue weighted by Gasteiger charge is -2.46. The standard InChI is InChI=1S/C30H56O7Si7.6CH4/c1-15-28-31-43(13,35-42(12,33-39(7,8)16-2)30-26-22-19-23-27-30)37-44(14,34-40(9,10)17-3)36-41(11,32-38(4,5)6)29-24-20-18-21-25-29;;;;;;/h16-27H,2-3,15,28H2,1,4-14H3;6*1H4. The van der Waals surface area contributed by atoms with Gasteiger partial charge in [-0.2, -0.15) is 0 Å². The van der Waals surface area contributed by atoms with Crippen LogP contribution in [0.2, 0.25) is 72.0 Å². The van der Waals surface area contributed by atoms with Crippen LogP contribution in [0, 0.1) is 0 Å². The van der Waals surface area contributed by atoms with E-state index in [0.717, 1.165) is 16.8 Å². The Labute approximate surface area is 319 Å². The monoisotopic (exact) mass is 820 g/mol. The van der Waals surface area contributed by atoms with E-state index in [2.05, 4.69) is 103 Å². The van der Waals surface area contributed by atoms with Crippen LogP contribution in [0.15, 0.2) is 85.2 Å². The Morgan fingerprint density at radius 1 is 0.480 bits per heavy atom. The van der Waals surface area contributed by atoms with E-state index in [1.807, 2.05) is 60.9 Å². The molecular formula is C36H80O7Si7. The predicted octanol–water partition coefficient (Wildman–Crippen LogP) is 11.1. The fourth-order valence-electron chi connectivity index (χ4n) is 4.88. The van der Waals surface area contributed by atoms with Crippen molar-refractivity contribution in [1.29, 1.82) is 0 Å². The van der Waals surface area contributed by atoms with Gasteiger partial charge in [-0.3, -0.25) is 0 Å². The molecule has 7 nitrogen and oxygen atoms in total. The third kappa shape index (κ3) is 18.3. The zero-order valence-corrected chi connectivity index (χ0v) is 36.1. The van der Waals surface area contributed by atoms with Gasteiger partial charge in [0, 0.05) is 19.7 Å². The van der Waals surface area contributed by atoms with Crippen LogP contribution >= 0.6 is 0 Å². The molecule has 0 saturated heterocycles. The first kappa shape index (κ1) is 58.5. The average Bonchev–Trinajstić information content (AvgIpc) is 2.90. The molecule has 0 aliphatic heterocycles. The molecule has 0 aliphatic rings. The van der Waals surface area contributed by atoms with Crippen LogP contribution in [0.25, 0.3) is 0 Å². The van der Waals surface area contributed by atoms with Crippen molar-refractivity contribution in [2.75, 3.05) is 6.61 Å². The highest BCUT2D eigenvalue weighted by Crippen LogP contribution is 2.31. The first-order valence-corrected chi connectivity index (χ1v) is 33.8. The molecular weight excluding hydrogens is 741 g/mol. The maximum Gasteiger partial charge on any atom is 0.481 e. The first-order valence-electron chi connectivity index (χ1n) is 15.4. The van der Waals surface area contributed by atoms with Crippen LogP contribution in [0.1, 0.15) is 57.9 Å². The van der Waals surface area contributed by atoms with Gasteiger partial charge in [-0.05, 0) is 75.7 Å². The van der Waals surface area contributed by atoms with E-state index < -0.39 is 59.7 Å². The molecule has 0 saturated carbocycles. The van der Waals surface area contributed by atoms with Crippen molar-refractivity contribution >= 4 is 70.1 Å². The summed E-state index contributed by atoms with van der Waals surface area (Å²) in [7, 11) is -20.0. The number of benzene rings is 2. The van der Waals surface area contributed by atoms with Gasteiger partial charge in [-0.25, -0.2) is 0 Å². The maximum atomic E-state index is 7.22. The second kappa shape index (κ2) is 23.1. The van der Waals surface area contributed by atoms with Crippen molar-refractivity contribution in [3.05, 3.63) is 85.2 Å². The van der Waals surface area contributed by atoms with Gasteiger partial charge in [-0.1, -0.05) is 124 Å². The summed E-state index contributed by atoms with van der Waals surface area (Å²) in [6, 6.07) is 20.3. The SMILES string of the molecule is C.C.C.C.C.C.C=C[Si](C)(C)O[Si](C)(O[Si](C)(OCCC)O[Si](C)(O[Si](C)(C)C=C)c1ccccc1)O[Si](C)(O[Si](C)(C)C)c1ccccc1. The molecule has 2 aromatic rings. The number of hydrogen-bond acceptors (Lipinski definition) is 7. The lowest BCUT2D eigenvalue weighted by molar-refractivity contribution is 0.121. The van der Waals surface area contributed by atoms with Crippen molar-refractivity contribution < 1.29 is 29.1 Å². The molecule has 0 spiro atoms. The highest BCUT2D eigenvalue weighted by Gasteiger charge is 2.58. The van der Waals surface area contributed by atoms with Crippen LogP contribution in [0.3, 0.4) is 0 Å². The predicted molar refractivity (Wildman–Crippen MR) is 240 cm³/mol. The Kier molecular flexibility index (Phi) is 27.0. The van der Waals surface area contributed by atoms with Crippen LogP contribution < -0.4 is 10.4 Å². The summed E-state index contributed by atoms with van der Waals surface area (Å²) in [5.74, 6) is 0. The lowest BCUT2D eigenvalue weighted by Crippen LogP contribution is -2.70. The highest BCUT2D eigenvalue weighted by atomic mass is 28.5. The van der Waals surface area contributed by atoms with E-state index in [4.69, 9.17) is 29.1 Å². The average molecular weight is 822 g/mol. The summed E-state index contributed by atoms with van der Waals surface area (Å²) in [5.41, 5.74) is 3.84. The normalized spacial score (nSPS) is 16.2. The fraction of sp³-hybridized carbons (Fsp3) is 0.556. The topological polar surface area (TPSA) is 64.6 Å². The third-order valence-corrected chi connectivity index (χ3v) is 32.5. The van der Waals surface area contributed by atoms with Gasteiger partial charge in [0.05, 0.1) is 0 Å². The molecule has 14 heteroatoms. The second-order valence-electron chi connectivity index (χ2n) is 13.5. The summed E-state index contributed by atoms with van der Waals surface area (Å²) < 4.78 is 49.0. The molecule has 0 aromatic heterocycles. The number of rotatable bonds is 19. The van der Waals surface area contributed by atoms with Crippen LogP contribution in [0.5, 0.6) is 0 Å². The smallest absolute Gasteiger partial charge is 0.433 e. The highest BCUT2D eigenvalue weighted by molar-refractivity contribution is 6.97. The summed E-state index contributed by atoms with van der Waals surface area (Å²) in [6.45, 7) is 33.8. The summed E-state index contributed by atoms with van der Waals surface area (Å²) >= 11 is 0. The van der Waals surface area contributed by atoms with Crippen molar-refractivity contribution in [2.45, 2.75) is 130 Å². The molecule has 2 rings (SSSR count). The Balaban J connectivity index is -0.00000112. The Hall–Kier alpha value is -0.842. The van der Waals surface area contributed by atoms with Gasteiger partial charge < -0.3 is 29.1 Å². The molecule has 50 heavy (non-hydrogen) atoms. The van der Waals surface area contributed by atoms with Gasteiger partial charge >= 0.3 is 34.7 Å². The van der Waals surface area contributed by atoms with Gasteiger partial charge in [-0.15, -0.1) is 13.2 Å². The maximum absolute atomic E-state index is 7.22. The Morgan fingerprint density at radius 3 is 1.20 bits per heavy atom. The second-order valence-corrected chi connectivity index (χ2v) is 38.6. The van der Waals surface area contributed by atoms with Crippen LogP contribution in [-0.4, -0.2) is 66.3 Å². The van der Waals surface area contributed by atoms with Crippen LogP contribution in [0.4, 0.5) is 0 Å². The van der Waals surface area contributed by atoms with Gasteiger partial charge in [0.2, 0.25) is 8.32 Å². The molecule has 4 atom stereocenters. The summed E-state index contributed by atoms with van der Waals surface area (Å²) in [6.07, 6.45) is 0.800. The van der Waals surface area contributed by atoms with Crippen LogP contribution in [-0.2, 0) is 29.1 Å². The van der Waals surface area contributed by atoms with Crippen molar-refractivity contribution in [3.63, 3.8) is 0 Å². The zero-order chi connectivity index (χ0) is 33.5. The Morgan fingerprint density at radius 2 is 0.840 bits per heavy atom. The fourth-order valence-corrected chi connectivity index (χ4v) is 34.2. The largest absolute Gasteiger partial charge is 0.481 e. The van der Waals surface area contributed by atoms with E-state index >= 15 is 0 Å². The zero-order valence-electron chi connectivity index (χ0n) is 29.1. The van der Waals surface area contributed by atoms with E-state index in [9.17, 15) is 0 Å². The van der Waals surface area contributed by atoms with Gasteiger partial charge in [0.1, 0.15) is 0 Å². The third-order valence-electron chi connectivity index (χ3n) is 6.69. The van der Waals surface area contributed by atoms with Gasteiger partial charge in [0.15, 0.2) is 16.6 Å². The first-order chi connectivity index (χ1) is 20.1. The molecule has 0 aliphatic carbocycles. The van der Waals surface area contributed by atoms with Crippen molar-refractivity contribution in [3.8, 4) is 0 Å². The minimum absolute atomic E-state index is 0. The van der Waals surface area contributed by atoms with E-state index in [1.165, 1.54) is 0 Å². The summed E-state index contributed by atoms with van der Waals surface area (Å²) in [5, 5.41) is 2.03. The minimum Gasteiger partial charge on any atom is -0.433 e. The Bertz CT molecular complexity index is 1220. The van der Waals surface area contributed by atoms with Crippen molar-refractivity contribution in [1.82, 2.24) is 0 Å². The molecule has 0 amide bonds. The molecule has 0 heterocycles. The molecule has 4 unspecified atom stereocenters. The van der Waals surface area contributed by atoms with E-state index in [1.54, 1.807) is 0 Å². The molecule has 294 valence electrons. The van der Waals surface area contributed by atoms with Gasteiger partial charge in [0.25, 0.3) is 0 Å². The molecule has 0 N–H and O–H groups in total. The molecule has 0 fully saturated rings. The van der Waals surface area contributed by atoms with E-state index in [0.29, 0.717) is 6.61 Å².